The van der Waals surface area contributed by atoms with Crippen LogP contribution in [0, 0.1) is 0 Å². The molecule has 0 heterocycles. The number of ether oxygens (including phenoxy) is 2. The minimum Gasteiger partial charge on any atom is -0.456 e. The zero-order chi connectivity index (χ0) is 19.0. The van der Waals surface area contributed by atoms with E-state index in [0.29, 0.717) is 5.57 Å². The Labute approximate surface area is 140 Å². The highest BCUT2D eigenvalue weighted by molar-refractivity contribution is 5.87. The van der Waals surface area contributed by atoms with Gasteiger partial charge in [0.2, 0.25) is 0 Å². The van der Waals surface area contributed by atoms with Crippen LogP contribution < -0.4 is 0 Å². The quantitative estimate of drug-likeness (QED) is 0.541. The number of rotatable bonds is 5. The first-order valence-corrected chi connectivity index (χ1v) is 7.70. The average Bonchev–Trinajstić information content (AvgIpc) is 2.93. The van der Waals surface area contributed by atoms with Crippen LogP contribution >= 0.6 is 0 Å². The molecule has 1 saturated carbocycles. The standard InChI is InChI=1S/C11H18O2.C6H7F3O2/c1-4-11(7-5-6-8-11)13-10(12)9(2)3;1-4(2)5(10)11-3-6(7,8)9/h2,4-8H2,1,3H3;1,3H2,2H3. The molecule has 0 aromatic carbocycles. The molecule has 1 rings (SSSR count). The fourth-order valence-electron chi connectivity index (χ4n) is 2.10. The van der Waals surface area contributed by atoms with Crippen molar-refractivity contribution in [2.24, 2.45) is 0 Å². The molecule has 0 bridgehead atoms. The Morgan fingerprint density at radius 3 is 1.83 bits per heavy atom. The maximum Gasteiger partial charge on any atom is 0.422 e. The first-order valence-electron chi connectivity index (χ1n) is 7.70. The smallest absolute Gasteiger partial charge is 0.422 e. The van der Waals surface area contributed by atoms with E-state index < -0.39 is 18.8 Å². The highest BCUT2D eigenvalue weighted by Crippen LogP contribution is 2.36. The molecule has 138 valence electrons. The first-order chi connectivity index (χ1) is 10.9. The number of hydrogen-bond acceptors (Lipinski definition) is 4. The number of hydrogen-bond donors (Lipinski definition) is 0. The van der Waals surface area contributed by atoms with Gasteiger partial charge < -0.3 is 9.47 Å². The molecular formula is C17H25F3O4. The van der Waals surface area contributed by atoms with Crippen LogP contribution in [0.25, 0.3) is 0 Å². The molecule has 0 unspecified atom stereocenters. The Morgan fingerprint density at radius 2 is 1.50 bits per heavy atom. The van der Waals surface area contributed by atoms with Crippen molar-refractivity contribution in [2.45, 2.75) is 64.7 Å². The summed E-state index contributed by atoms with van der Waals surface area (Å²) in [6, 6.07) is 0. The molecule has 0 amide bonds. The van der Waals surface area contributed by atoms with Crippen molar-refractivity contribution in [3.8, 4) is 0 Å². The van der Waals surface area contributed by atoms with Gasteiger partial charge in [-0.25, -0.2) is 9.59 Å². The Hall–Kier alpha value is -1.79. The van der Waals surface area contributed by atoms with Crippen molar-refractivity contribution >= 4 is 11.9 Å². The first kappa shape index (κ1) is 22.2. The third-order valence-electron chi connectivity index (χ3n) is 3.53. The minimum absolute atomic E-state index is 0.0470. The fraction of sp³-hybridized carbons (Fsp3) is 0.647. The van der Waals surface area contributed by atoms with E-state index in [4.69, 9.17) is 4.74 Å². The Balaban J connectivity index is 0.000000449. The zero-order valence-electron chi connectivity index (χ0n) is 14.4. The van der Waals surface area contributed by atoms with Crippen molar-refractivity contribution in [1.29, 1.82) is 0 Å². The number of esters is 2. The number of carbonyl (C=O) groups is 2. The Bertz CT molecular complexity index is 475. The average molecular weight is 350 g/mol. The Morgan fingerprint density at radius 1 is 1.04 bits per heavy atom. The van der Waals surface area contributed by atoms with Gasteiger partial charge in [-0.2, -0.15) is 13.2 Å². The van der Waals surface area contributed by atoms with E-state index in [1.807, 2.05) is 0 Å². The van der Waals surface area contributed by atoms with Crippen molar-refractivity contribution in [3.63, 3.8) is 0 Å². The van der Waals surface area contributed by atoms with Crippen LogP contribution in [0.15, 0.2) is 24.3 Å². The molecule has 0 radical (unpaired) electrons. The van der Waals surface area contributed by atoms with Crippen molar-refractivity contribution in [1.82, 2.24) is 0 Å². The van der Waals surface area contributed by atoms with Crippen molar-refractivity contribution in [3.05, 3.63) is 24.3 Å². The van der Waals surface area contributed by atoms with Gasteiger partial charge in [-0.1, -0.05) is 20.1 Å². The summed E-state index contributed by atoms with van der Waals surface area (Å²) < 4.78 is 43.4. The van der Waals surface area contributed by atoms with Crippen LogP contribution in [0.5, 0.6) is 0 Å². The second-order valence-corrected chi connectivity index (χ2v) is 5.89. The summed E-state index contributed by atoms with van der Waals surface area (Å²) in [7, 11) is 0. The normalized spacial score (nSPS) is 15.8. The monoisotopic (exact) mass is 350 g/mol. The summed E-state index contributed by atoms with van der Waals surface area (Å²) in [6.07, 6.45) is 0.844. The summed E-state index contributed by atoms with van der Waals surface area (Å²) in [6.45, 7) is 10.2. The van der Waals surface area contributed by atoms with E-state index in [1.54, 1.807) is 6.92 Å². The third kappa shape index (κ3) is 8.74. The molecule has 4 nitrogen and oxygen atoms in total. The predicted molar refractivity (Wildman–Crippen MR) is 84.2 cm³/mol. The van der Waals surface area contributed by atoms with E-state index in [2.05, 4.69) is 24.8 Å². The van der Waals surface area contributed by atoms with Crippen LogP contribution in [-0.4, -0.2) is 30.3 Å². The maximum atomic E-state index is 11.4. The number of carbonyl (C=O) groups excluding carboxylic acids is 2. The van der Waals surface area contributed by atoms with E-state index in [9.17, 15) is 22.8 Å². The molecule has 0 aromatic heterocycles. The molecule has 1 aliphatic rings. The predicted octanol–water partition coefficient (Wildman–Crippen LogP) is 4.50. The molecule has 0 spiro atoms. The molecule has 0 saturated heterocycles. The van der Waals surface area contributed by atoms with Crippen LogP contribution in [0.2, 0.25) is 0 Å². The lowest BCUT2D eigenvalue weighted by Crippen LogP contribution is -2.31. The van der Waals surface area contributed by atoms with Gasteiger partial charge >= 0.3 is 18.1 Å². The van der Waals surface area contributed by atoms with Gasteiger partial charge in [0.25, 0.3) is 0 Å². The van der Waals surface area contributed by atoms with Gasteiger partial charge in [0.15, 0.2) is 6.61 Å². The molecule has 24 heavy (non-hydrogen) atoms. The Kier molecular flexibility index (Phi) is 8.78. The topological polar surface area (TPSA) is 52.6 Å². The summed E-state index contributed by atoms with van der Waals surface area (Å²) in [4.78, 5) is 21.7. The summed E-state index contributed by atoms with van der Waals surface area (Å²) in [5.74, 6) is -1.26. The third-order valence-corrected chi connectivity index (χ3v) is 3.53. The highest BCUT2D eigenvalue weighted by atomic mass is 19.4. The van der Waals surface area contributed by atoms with Gasteiger partial charge in [0.1, 0.15) is 5.60 Å². The lowest BCUT2D eigenvalue weighted by atomic mass is 9.99. The van der Waals surface area contributed by atoms with Crippen LogP contribution in [0.4, 0.5) is 13.2 Å². The van der Waals surface area contributed by atoms with Crippen LogP contribution in [0.1, 0.15) is 52.9 Å². The molecule has 1 fully saturated rings. The lowest BCUT2D eigenvalue weighted by molar-refractivity contribution is -0.183. The van der Waals surface area contributed by atoms with Gasteiger partial charge in [-0.3, -0.25) is 0 Å². The van der Waals surface area contributed by atoms with Gasteiger partial charge in [0, 0.05) is 11.1 Å². The van der Waals surface area contributed by atoms with E-state index >= 15 is 0 Å². The number of halogens is 3. The molecular weight excluding hydrogens is 325 g/mol. The van der Waals surface area contributed by atoms with Gasteiger partial charge in [-0.05, 0) is 46.0 Å². The molecule has 0 aromatic rings. The largest absolute Gasteiger partial charge is 0.456 e. The SMILES string of the molecule is C=C(C)C(=O)OC1(CC)CCCC1.C=C(C)C(=O)OCC(F)(F)F. The minimum atomic E-state index is -4.47. The summed E-state index contributed by atoms with van der Waals surface area (Å²) in [5.41, 5.74) is 0.282. The lowest BCUT2D eigenvalue weighted by Gasteiger charge is -2.27. The van der Waals surface area contributed by atoms with Crippen molar-refractivity contribution in [2.75, 3.05) is 6.61 Å². The molecule has 0 aliphatic heterocycles. The highest BCUT2D eigenvalue weighted by Gasteiger charge is 2.35. The van der Waals surface area contributed by atoms with Crippen LogP contribution in [-0.2, 0) is 19.1 Å². The summed E-state index contributed by atoms with van der Waals surface area (Å²) in [5, 5.41) is 0. The van der Waals surface area contributed by atoms with E-state index in [-0.39, 0.29) is 17.1 Å². The van der Waals surface area contributed by atoms with Crippen LogP contribution in [0.3, 0.4) is 0 Å². The molecule has 0 N–H and O–H groups in total. The van der Waals surface area contributed by atoms with Gasteiger partial charge in [-0.15, -0.1) is 0 Å². The van der Waals surface area contributed by atoms with E-state index in [0.717, 1.165) is 19.3 Å². The second kappa shape index (κ2) is 9.49. The van der Waals surface area contributed by atoms with Gasteiger partial charge in [0.05, 0.1) is 0 Å². The maximum absolute atomic E-state index is 11.4. The molecule has 1 aliphatic carbocycles. The second-order valence-electron chi connectivity index (χ2n) is 5.89. The summed E-state index contributed by atoms with van der Waals surface area (Å²) >= 11 is 0. The fourth-order valence-corrected chi connectivity index (χ4v) is 2.10. The van der Waals surface area contributed by atoms with Crippen molar-refractivity contribution < 1.29 is 32.2 Å². The molecule has 0 atom stereocenters. The zero-order valence-corrected chi connectivity index (χ0v) is 14.4. The van der Waals surface area contributed by atoms with E-state index in [1.165, 1.54) is 19.8 Å². The molecule has 7 heteroatoms. The number of alkyl halides is 3.